The highest BCUT2D eigenvalue weighted by Gasteiger charge is 2.33. The number of carbonyl (C=O) groups excluding carboxylic acids is 1. The first-order valence-electron chi connectivity index (χ1n) is 5.70. The van der Waals surface area contributed by atoms with Crippen molar-refractivity contribution in [1.29, 1.82) is 0 Å². The van der Waals surface area contributed by atoms with Crippen molar-refractivity contribution in [3.05, 3.63) is 23.7 Å². The van der Waals surface area contributed by atoms with Crippen LogP contribution in [0.3, 0.4) is 0 Å². The second-order valence-electron chi connectivity index (χ2n) is 4.43. The summed E-state index contributed by atoms with van der Waals surface area (Å²) in [7, 11) is 0. The summed E-state index contributed by atoms with van der Waals surface area (Å²) in [5.41, 5.74) is 0.436. The Hall–Kier alpha value is -1.82. The summed E-state index contributed by atoms with van der Waals surface area (Å²) in [6.07, 6.45) is 0.121. The molecule has 1 aliphatic rings. The van der Waals surface area contributed by atoms with Gasteiger partial charge in [0.25, 0.3) is 5.91 Å². The molecule has 1 aliphatic heterocycles. The van der Waals surface area contributed by atoms with Crippen LogP contribution >= 0.6 is 0 Å². The molecule has 0 spiro atoms. The van der Waals surface area contributed by atoms with Crippen LogP contribution in [-0.2, 0) is 9.53 Å². The maximum Gasteiger partial charge on any atom is 0.334 e. The quantitative estimate of drug-likeness (QED) is 0.847. The lowest BCUT2D eigenvalue weighted by molar-refractivity contribution is -0.160. The molecule has 6 heteroatoms. The molecule has 1 aromatic heterocycles. The fourth-order valence-electron chi connectivity index (χ4n) is 1.99. The number of aliphatic carboxylic acids is 1. The first-order valence-corrected chi connectivity index (χ1v) is 5.70. The molecule has 0 aliphatic carbocycles. The number of ether oxygens (including phenoxy) is 1. The van der Waals surface area contributed by atoms with E-state index in [1.54, 1.807) is 19.9 Å². The van der Waals surface area contributed by atoms with E-state index in [0.717, 1.165) is 0 Å². The maximum atomic E-state index is 12.1. The molecule has 2 atom stereocenters. The van der Waals surface area contributed by atoms with Crippen LogP contribution in [0, 0.1) is 6.92 Å². The highest BCUT2D eigenvalue weighted by molar-refractivity contribution is 5.94. The number of morpholine rings is 1. The van der Waals surface area contributed by atoms with Gasteiger partial charge in [-0.05, 0) is 19.9 Å². The van der Waals surface area contributed by atoms with Gasteiger partial charge in [0.1, 0.15) is 12.0 Å². The van der Waals surface area contributed by atoms with Gasteiger partial charge in [0.05, 0.1) is 18.2 Å². The lowest BCUT2D eigenvalue weighted by atomic mass is 10.2. The molecule has 18 heavy (non-hydrogen) atoms. The van der Waals surface area contributed by atoms with E-state index in [2.05, 4.69) is 0 Å². The van der Waals surface area contributed by atoms with Crippen LogP contribution < -0.4 is 0 Å². The highest BCUT2D eigenvalue weighted by atomic mass is 16.5. The minimum atomic E-state index is -1.05. The Kier molecular flexibility index (Phi) is 3.38. The third kappa shape index (κ3) is 2.53. The maximum absolute atomic E-state index is 12.1. The molecule has 0 saturated carbocycles. The van der Waals surface area contributed by atoms with E-state index >= 15 is 0 Å². The zero-order valence-corrected chi connectivity index (χ0v) is 10.3. The van der Waals surface area contributed by atoms with Crippen molar-refractivity contribution in [2.24, 2.45) is 0 Å². The zero-order chi connectivity index (χ0) is 13.3. The van der Waals surface area contributed by atoms with Gasteiger partial charge in [-0.25, -0.2) is 4.79 Å². The predicted molar refractivity (Wildman–Crippen MR) is 61.3 cm³/mol. The third-order valence-corrected chi connectivity index (χ3v) is 2.80. The summed E-state index contributed by atoms with van der Waals surface area (Å²) in [5.74, 6) is -0.634. The SMILES string of the molecule is Cc1cc(C(=O)N2CC(C(=O)O)O[C@H](C)C2)co1. The van der Waals surface area contributed by atoms with E-state index in [4.69, 9.17) is 14.3 Å². The number of amides is 1. The molecule has 0 radical (unpaired) electrons. The summed E-state index contributed by atoms with van der Waals surface area (Å²) in [4.78, 5) is 24.6. The Labute approximate surface area is 104 Å². The highest BCUT2D eigenvalue weighted by Crippen LogP contribution is 2.16. The molecule has 2 rings (SSSR count). The summed E-state index contributed by atoms with van der Waals surface area (Å²) in [5, 5.41) is 8.95. The van der Waals surface area contributed by atoms with Crippen molar-refractivity contribution in [3.63, 3.8) is 0 Å². The molecule has 1 N–H and O–H groups in total. The second kappa shape index (κ2) is 4.81. The number of carboxylic acids is 1. The Morgan fingerprint density at radius 3 is 2.72 bits per heavy atom. The topological polar surface area (TPSA) is 80.0 Å². The molecule has 98 valence electrons. The van der Waals surface area contributed by atoms with Crippen molar-refractivity contribution < 1.29 is 23.8 Å². The number of nitrogens with zero attached hydrogens (tertiary/aromatic N) is 1. The number of aryl methyl sites for hydroxylation is 1. The van der Waals surface area contributed by atoms with Crippen LogP contribution in [0.1, 0.15) is 23.0 Å². The van der Waals surface area contributed by atoms with Crippen LogP contribution in [0.15, 0.2) is 16.7 Å². The van der Waals surface area contributed by atoms with E-state index < -0.39 is 12.1 Å². The first kappa shape index (κ1) is 12.6. The van der Waals surface area contributed by atoms with Crippen molar-refractivity contribution in [2.45, 2.75) is 26.1 Å². The van der Waals surface area contributed by atoms with E-state index in [9.17, 15) is 9.59 Å². The first-order chi connectivity index (χ1) is 8.47. The van der Waals surface area contributed by atoms with Gasteiger partial charge in [-0.2, -0.15) is 0 Å². The molecule has 1 saturated heterocycles. The van der Waals surface area contributed by atoms with Crippen molar-refractivity contribution in [3.8, 4) is 0 Å². The smallest absolute Gasteiger partial charge is 0.334 e. The van der Waals surface area contributed by atoms with Gasteiger partial charge < -0.3 is 19.2 Å². The molecule has 0 bridgehead atoms. The van der Waals surface area contributed by atoms with Gasteiger partial charge in [0.2, 0.25) is 0 Å². The Morgan fingerprint density at radius 1 is 1.44 bits per heavy atom. The number of furan rings is 1. The van der Waals surface area contributed by atoms with Gasteiger partial charge in [-0.15, -0.1) is 0 Å². The van der Waals surface area contributed by atoms with Crippen molar-refractivity contribution >= 4 is 11.9 Å². The third-order valence-electron chi connectivity index (χ3n) is 2.80. The predicted octanol–water partition coefficient (Wildman–Crippen LogP) is 0.902. The molecule has 6 nitrogen and oxygen atoms in total. The average Bonchev–Trinajstić information content (AvgIpc) is 2.74. The van der Waals surface area contributed by atoms with Crippen molar-refractivity contribution in [2.75, 3.05) is 13.1 Å². The second-order valence-corrected chi connectivity index (χ2v) is 4.43. The summed E-state index contributed by atoms with van der Waals surface area (Å²) < 4.78 is 10.3. The normalized spacial score (nSPS) is 24.0. The van der Waals surface area contributed by atoms with Crippen LogP contribution in [-0.4, -0.2) is 47.2 Å². The summed E-state index contributed by atoms with van der Waals surface area (Å²) in [6.45, 7) is 3.93. The minimum absolute atomic E-state index is 0.0583. The van der Waals surface area contributed by atoms with Gasteiger partial charge in [0, 0.05) is 6.54 Å². The number of carbonyl (C=O) groups is 2. The van der Waals surface area contributed by atoms with Crippen LogP contribution in [0.25, 0.3) is 0 Å². The fourth-order valence-corrected chi connectivity index (χ4v) is 1.99. The Bertz CT molecular complexity index is 467. The Morgan fingerprint density at radius 2 is 2.17 bits per heavy atom. The number of hydrogen-bond donors (Lipinski definition) is 1. The van der Waals surface area contributed by atoms with E-state index in [0.29, 0.717) is 17.9 Å². The average molecular weight is 253 g/mol. The van der Waals surface area contributed by atoms with Crippen LogP contribution in [0.2, 0.25) is 0 Å². The van der Waals surface area contributed by atoms with E-state index in [1.807, 2.05) is 0 Å². The van der Waals surface area contributed by atoms with Gasteiger partial charge in [-0.3, -0.25) is 4.79 Å². The lowest BCUT2D eigenvalue weighted by Crippen LogP contribution is -2.51. The standard InChI is InChI=1S/C12H15NO5/c1-7-3-9(6-17-7)11(14)13-4-8(2)18-10(5-13)12(15)16/h3,6,8,10H,4-5H2,1-2H3,(H,15,16)/t8-,10?/m1/s1. The number of hydrogen-bond acceptors (Lipinski definition) is 4. The number of carboxylic acid groups (broad SMARTS) is 1. The monoisotopic (exact) mass is 253 g/mol. The lowest BCUT2D eigenvalue weighted by Gasteiger charge is -2.34. The van der Waals surface area contributed by atoms with Crippen molar-refractivity contribution in [1.82, 2.24) is 4.90 Å². The molecule has 0 aromatic carbocycles. The Balaban J connectivity index is 2.12. The molecule has 1 fully saturated rings. The van der Waals surface area contributed by atoms with Crippen LogP contribution in [0.5, 0.6) is 0 Å². The largest absolute Gasteiger partial charge is 0.479 e. The van der Waals surface area contributed by atoms with Gasteiger partial charge in [-0.1, -0.05) is 0 Å². The molecule has 1 unspecified atom stereocenters. The van der Waals surface area contributed by atoms with E-state index in [-0.39, 0.29) is 18.6 Å². The van der Waals surface area contributed by atoms with Crippen LogP contribution in [0.4, 0.5) is 0 Å². The summed E-state index contributed by atoms with van der Waals surface area (Å²) >= 11 is 0. The summed E-state index contributed by atoms with van der Waals surface area (Å²) in [6, 6.07) is 1.64. The number of rotatable bonds is 2. The molecule has 2 heterocycles. The molecule has 1 amide bonds. The minimum Gasteiger partial charge on any atom is -0.479 e. The van der Waals surface area contributed by atoms with Gasteiger partial charge in [0.15, 0.2) is 6.10 Å². The van der Waals surface area contributed by atoms with E-state index in [1.165, 1.54) is 11.2 Å². The molecular formula is C12H15NO5. The zero-order valence-electron chi connectivity index (χ0n) is 10.3. The molecule has 1 aromatic rings. The van der Waals surface area contributed by atoms with Gasteiger partial charge >= 0.3 is 5.97 Å². The molecular weight excluding hydrogens is 238 g/mol. The fraction of sp³-hybridized carbons (Fsp3) is 0.500.